The fraction of sp³-hybridized carbons (Fsp3) is 0.727. The van der Waals surface area contributed by atoms with Crippen LogP contribution in [0, 0.1) is 0 Å². The normalized spacial score (nSPS) is 21.1. The zero-order valence-electron chi connectivity index (χ0n) is 11.3. The van der Waals surface area contributed by atoms with Gasteiger partial charge >= 0.3 is 0 Å². The predicted octanol–water partition coefficient (Wildman–Crippen LogP) is -0.142. The highest BCUT2D eigenvalue weighted by Crippen LogP contribution is 2.18. The number of nitrogen functional groups attached to an aromatic ring is 1. The molecule has 0 aromatic carbocycles. The van der Waals surface area contributed by atoms with Crippen molar-refractivity contribution in [2.24, 2.45) is 0 Å². The second-order valence-electron chi connectivity index (χ2n) is 5.01. The number of rotatable bonds is 5. The third-order valence-corrected chi connectivity index (χ3v) is 4.75. The number of aryl methyl sites for hydroxylation is 1. The van der Waals surface area contributed by atoms with Gasteiger partial charge in [-0.2, -0.15) is 5.10 Å². The van der Waals surface area contributed by atoms with Crippen molar-refractivity contribution in [1.82, 2.24) is 19.4 Å². The lowest BCUT2D eigenvalue weighted by molar-refractivity contribution is 0.407. The summed E-state index contributed by atoms with van der Waals surface area (Å²) in [6, 6.07) is -0.0519. The van der Waals surface area contributed by atoms with Gasteiger partial charge in [-0.1, -0.05) is 6.92 Å². The van der Waals surface area contributed by atoms with Crippen LogP contribution in [0.1, 0.15) is 19.8 Å². The summed E-state index contributed by atoms with van der Waals surface area (Å²) in [5, 5.41) is 4.02. The Hall–Kier alpha value is -1.12. The van der Waals surface area contributed by atoms with E-state index >= 15 is 0 Å². The van der Waals surface area contributed by atoms with Crippen LogP contribution < -0.4 is 10.5 Å². The van der Waals surface area contributed by atoms with Crippen LogP contribution in [0.15, 0.2) is 11.1 Å². The van der Waals surface area contributed by atoms with E-state index in [0.717, 1.165) is 25.9 Å². The number of nitrogens with two attached hydrogens (primary N) is 1. The lowest BCUT2D eigenvalue weighted by Gasteiger charge is -2.12. The fourth-order valence-electron chi connectivity index (χ4n) is 2.28. The van der Waals surface area contributed by atoms with E-state index in [2.05, 4.69) is 14.7 Å². The quantitative estimate of drug-likeness (QED) is 0.786. The second kappa shape index (κ2) is 5.48. The maximum atomic E-state index is 12.3. The number of anilines is 1. The number of nitrogens with zero attached hydrogens (tertiary/aromatic N) is 3. The van der Waals surface area contributed by atoms with Crippen LogP contribution in [0.2, 0.25) is 0 Å². The van der Waals surface area contributed by atoms with Crippen LogP contribution >= 0.6 is 0 Å². The molecule has 0 spiro atoms. The molecule has 0 aliphatic carbocycles. The third kappa shape index (κ3) is 3.26. The fourth-order valence-corrected chi connectivity index (χ4v) is 3.62. The molecule has 1 unspecified atom stereocenters. The zero-order valence-corrected chi connectivity index (χ0v) is 12.2. The first-order valence-electron chi connectivity index (χ1n) is 6.46. The van der Waals surface area contributed by atoms with Crippen LogP contribution in [0.4, 0.5) is 5.82 Å². The molecule has 0 amide bonds. The van der Waals surface area contributed by atoms with Gasteiger partial charge in [0.05, 0.1) is 0 Å². The molecular weight excluding hydrogens is 266 g/mol. The molecule has 1 aliphatic heterocycles. The van der Waals surface area contributed by atoms with E-state index < -0.39 is 10.0 Å². The van der Waals surface area contributed by atoms with Crippen LogP contribution in [0.5, 0.6) is 0 Å². The number of hydrogen-bond donors (Lipinski definition) is 2. The van der Waals surface area contributed by atoms with E-state index in [9.17, 15) is 8.42 Å². The van der Waals surface area contributed by atoms with Crippen molar-refractivity contribution in [3.8, 4) is 0 Å². The van der Waals surface area contributed by atoms with Gasteiger partial charge in [-0.3, -0.25) is 4.68 Å². The van der Waals surface area contributed by atoms with E-state index in [1.54, 1.807) is 4.68 Å². The van der Waals surface area contributed by atoms with E-state index in [4.69, 9.17) is 5.73 Å². The Bertz CT molecular complexity index is 539. The monoisotopic (exact) mass is 287 g/mol. The number of sulfonamides is 1. The molecule has 0 saturated carbocycles. The maximum Gasteiger partial charge on any atom is 0.246 e. The SMILES string of the molecule is CCCn1cc(S(=O)(=O)NC2CCN(C)C2)c(N)n1. The molecule has 1 aromatic rings. The molecule has 108 valence electrons. The van der Waals surface area contributed by atoms with Gasteiger partial charge in [-0.25, -0.2) is 13.1 Å². The Balaban J connectivity index is 2.14. The van der Waals surface area contributed by atoms with E-state index in [1.807, 2.05) is 14.0 Å². The molecule has 1 aromatic heterocycles. The molecule has 3 N–H and O–H groups in total. The summed E-state index contributed by atoms with van der Waals surface area (Å²) in [7, 11) is -1.61. The van der Waals surface area contributed by atoms with Crippen LogP contribution in [0.3, 0.4) is 0 Å². The Morgan fingerprint density at radius 1 is 1.58 bits per heavy atom. The van der Waals surface area contributed by atoms with Gasteiger partial charge in [0.15, 0.2) is 5.82 Å². The highest BCUT2D eigenvalue weighted by Gasteiger charge is 2.28. The van der Waals surface area contributed by atoms with Crippen LogP contribution in [0.25, 0.3) is 0 Å². The highest BCUT2D eigenvalue weighted by atomic mass is 32.2. The van der Waals surface area contributed by atoms with E-state index in [-0.39, 0.29) is 16.8 Å². The summed E-state index contributed by atoms with van der Waals surface area (Å²) in [6.07, 6.45) is 3.19. The van der Waals surface area contributed by atoms with Gasteiger partial charge in [0.2, 0.25) is 10.0 Å². The number of likely N-dealkylation sites (tertiary alicyclic amines) is 1. The summed E-state index contributed by atoms with van der Waals surface area (Å²) < 4.78 is 28.8. The Labute approximate surface area is 113 Å². The molecule has 7 nitrogen and oxygen atoms in total. The maximum absolute atomic E-state index is 12.3. The molecule has 19 heavy (non-hydrogen) atoms. The minimum atomic E-state index is -3.58. The van der Waals surface area contributed by atoms with Gasteiger partial charge in [0, 0.05) is 25.3 Å². The van der Waals surface area contributed by atoms with Crippen molar-refractivity contribution in [2.75, 3.05) is 25.9 Å². The smallest absolute Gasteiger partial charge is 0.246 e. The Morgan fingerprint density at radius 2 is 2.32 bits per heavy atom. The lowest BCUT2D eigenvalue weighted by Crippen LogP contribution is -2.36. The average Bonchev–Trinajstić information content (AvgIpc) is 2.86. The molecule has 8 heteroatoms. The molecule has 1 fully saturated rings. The summed E-state index contributed by atoms with van der Waals surface area (Å²) in [6.45, 7) is 4.28. The molecular formula is C11H21N5O2S. The first kappa shape index (κ1) is 14.3. The topological polar surface area (TPSA) is 93.2 Å². The molecule has 1 aliphatic rings. The van der Waals surface area contributed by atoms with Crippen molar-refractivity contribution >= 4 is 15.8 Å². The summed E-state index contributed by atoms with van der Waals surface area (Å²) >= 11 is 0. The highest BCUT2D eigenvalue weighted by molar-refractivity contribution is 7.89. The van der Waals surface area contributed by atoms with Crippen molar-refractivity contribution < 1.29 is 8.42 Å². The lowest BCUT2D eigenvalue weighted by atomic mass is 10.3. The molecule has 1 atom stereocenters. The average molecular weight is 287 g/mol. The molecule has 0 radical (unpaired) electrons. The third-order valence-electron chi connectivity index (χ3n) is 3.21. The predicted molar refractivity (Wildman–Crippen MR) is 73.2 cm³/mol. The molecule has 1 saturated heterocycles. The van der Waals surface area contributed by atoms with E-state index in [0.29, 0.717) is 6.54 Å². The minimum absolute atomic E-state index is 0.0519. The summed E-state index contributed by atoms with van der Waals surface area (Å²) in [4.78, 5) is 2.17. The molecule has 2 rings (SSSR count). The van der Waals surface area contributed by atoms with Gasteiger partial charge in [-0.05, 0) is 26.4 Å². The van der Waals surface area contributed by atoms with Gasteiger partial charge in [-0.15, -0.1) is 0 Å². The van der Waals surface area contributed by atoms with Gasteiger partial charge in [0.25, 0.3) is 0 Å². The van der Waals surface area contributed by atoms with Crippen molar-refractivity contribution in [1.29, 1.82) is 0 Å². The van der Waals surface area contributed by atoms with Gasteiger partial charge in [0.1, 0.15) is 4.90 Å². The first-order chi connectivity index (χ1) is 8.92. The van der Waals surface area contributed by atoms with Crippen molar-refractivity contribution in [2.45, 2.75) is 37.2 Å². The number of likely N-dealkylation sites (N-methyl/N-ethyl adjacent to an activating group) is 1. The summed E-state index contributed by atoms with van der Waals surface area (Å²) in [5.41, 5.74) is 5.70. The number of aromatic nitrogens is 2. The standard InChI is InChI=1S/C11H21N5O2S/c1-3-5-16-8-10(11(12)13-16)19(17,18)14-9-4-6-15(2)7-9/h8-9,14H,3-7H2,1-2H3,(H2,12,13). The van der Waals surface area contributed by atoms with Crippen molar-refractivity contribution in [3.63, 3.8) is 0 Å². The number of nitrogens with one attached hydrogen (secondary N) is 1. The van der Waals surface area contributed by atoms with Crippen molar-refractivity contribution in [3.05, 3.63) is 6.20 Å². The zero-order chi connectivity index (χ0) is 14.0. The molecule has 2 heterocycles. The minimum Gasteiger partial charge on any atom is -0.381 e. The second-order valence-corrected chi connectivity index (χ2v) is 6.69. The van der Waals surface area contributed by atoms with Gasteiger partial charge < -0.3 is 10.6 Å². The Morgan fingerprint density at radius 3 is 2.89 bits per heavy atom. The summed E-state index contributed by atoms with van der Waals surface area (Å²) in [5.74, 6) is 0.0623. The molecule has 0 bridgehead atoms. The number of hydrogen-bond acceptors (Lipinski definition) is 5. The largest absolute Gasteiger partial charge is 0.381 e. The van der Waals surface area contributed by atoms with Crippen LogP contribution in [-0.4, -0.2) is 49.3 Å². The Kier molecular flexibility index (Phi) is 4.12. The van der Waals surface area contributed by atoms with Crippen LogP contribution in [-0.2, 0) is 16.6 Å². The van der Waals surface area contributed by atoms with E-state index in [1.165, 1.54) is 6.20 Å². The first-order valence-corrected chi connectivity index (χ1v) is 7.94.